The molecule has 0 heterocycles. The first-order valence-electron chi connectivity index (χ1n) is 3.46. The molecular weight excluding hydrogens is 181 g/mol. The fourth-order valence-electron chi connectivity index (χ4n) is 0.924. The average molecular weight is 190 g/mol. The van der Waals surface area contributed by atoms with E-state index in [1.54, 1.807) is 7.05 Å². The van der Waals surface area contributed by atoms with E-state index in [4.69, 9.17) is 16.7 Å². The molecule has 2 nitrogen and oxygen atoms in total. The van der Waals surface area contributed by atoms with E-state index in [0.717, 1.165) is 0 Å². The third kappa shape index (κ3) is 1.87. The van der Waals surface area contributed by atoms with Crippen molar-refractivity contribution in [1.29, 1.82) is 0 Å². The zero-order valence-corrected chi connectivity index (χ0v) is 7.32. The molecular formula is C8H9ClFNO. The van der Waals surface area contributed by atoms with Crippen LogP contribution in [0.4, 0.5) is 4.39 Å². The van der Waals surface area contributed by atoms with Gasteiger partial charge in [-0.25, -0.2) is 4.39 Å². The highest BCUT2D eigenvalue weighted by atomic mass is 35.5. The number of phenolic OH excluding ortho intramolecular Hbond substituents is 1. The Hall–Kier alpha value is -0.800. The highest BCUT2D eigenvalue weighted by molar-refractivity contribution is 6.32. The minimum atomic E-state index is -0.687. The quantitative estimate of drug-likeness (QED) is 0.745. The summed E-state index contributed by atoms with van der Waals surface area (Å²) in [6, 6.07) is 2.77. The molecule has 0 aliphatic rings. The van der Waals surface area contributed by atoms with Gasteiger partial charge in [0.15, 0.2) is 11.6 Å². The van der Waals surface area contributed by atoms with E-state index in [0.29, 0.717) is 12.1 Å². The Kier molecular flexibility index (Phi) is 2.89. The summed E-state index contributed by atoms with van der Waals surface area (Å²) in [6.45, 7) is 0.525. The Labute approximate surface area is 75.0 Å². The summed E-state index contributed by atoms with van der Waals surface area (Å²) in [5, 5.41) is 11.9. The SMILES string of the molecule is CNCc1cc(F)c(O)c(Cl)c1. The molecule has 0 spiro atoms. The van der Waals surface area contributed by atoms with Crippen LogP contribution in [0.5, 0.6) is 5.75 Å². The molecule has 66 valence electrons. The van der Waals surface area contributed by atoms with Crippen molar-refractivity contribution in [2.24, 2.45) is 0 Å². The molecule has 0 radical (unpaired) electrons. The Morgan fingerprint density at radius 2 is 2.25 bits per heavy atom. The van der Waals surface area contributed by atoms with Gasteiger partial charge in [0.1, 0.15) is 0 Å². The van der Waals surface area contributed by atoms with Crippen molar-refractivity contribution in [3.63, 3.8) is 0 Å². The fraction of sp³-hybridized carbons (Fsp3) is 0.250. The fourth-order valence-corrected chi connectivity index (χ4v) is 1.15. The van der Waals surface area contributed by atoms with Gasteiger partial charge in [-0.05, 0) is 24.7 Å². The van der Waals surface area contributed by atoms with Crippen molar-refractivity contribution < 1.29 is 9.50 Å². The lowest BCUT2D eigenvalue weighted by molar-refractivity contribution is 0.432. The maximum absolute atomic E-state index is 12.8. The van der Waals surface area contributed by atoms with Crippen LogP contribution in [0.15, 0.2) is 12.1 Å². The van der Waals surface area contributed by atoms with Crippen LogP contribution in [-0.2, 0) is 6.54 Å². The molecule has 1 aromatic carbocycles. The smallest absolute Gasteiger partial charge is 0.170 e. The number of phenols is 1. The summed E-state index contributed by atoms with van der Waals surface area (Å²) in [7, 11) is 1.75. The second kappa shape index (κ2) is 3.74. The summed E-state index contributed by atoms with van der Waals surface area (Å²) >= 11 is 5.54. The summed E-state index contributed by atoms with van der Waals surface area (Å²) in [5.41, 5.74) is 0.706. The molecule has 0 amide bonds. The zero-order chi connectivity index (χ0) is 9.14. The van der Waals surface area contributed by atoms with Crippen molar-refractivity contribution in [3.05, 3.63) is 28.5 Å². The van der Waals surface area contributed by atoms with Crippen LogP contribution >= 0.6 is 11.6 Å². The number of benzene rings is 1. The number of aromatic hydroxyl groups is 1. The molecule has 0 aliphatic heterocycles. The van der Waals surface area contributed by atoms with Crippen molar-refractivity contribution in [2.75, 3.05) is 7.05 Å². The van der Waals surface area contributed by atoms with Crippen LogP contribution in [0.1, 0.15) is 5.56 Å². The highest BCUT2D eigenvalue weighted by Crippen LogP contribution is 2.27. The van der Waals surface area contributed by atoms with Gasteiger partial charge in [-0.15, -0.1) is 0 Å². The molecule has 2 N–H and O–H groups in total. The van der Waals surface area contributed by atoms with Crippen LogP contribution in [0.3, 0.4) is 0 Å². The summed E-state index contributed by atoms with van der Waals surface area (Å²) in [5.74, 6) is -1.18. The van der Waals surface area contributed by atoms with Crippen molar-refractivity contribution >= 4 is 11.6 Å². The third-order valence-electron chi connectivity index (χ3n) is 1.46. The van der Waals surface area contributed by atoms with Gasteiger partial charge in [0.05, 0.1) is 5.02 Å². The van der Waals surface area contributed by atoms with Crippen molar-refractivity contribution in [1.82, 2.24) is 5.32 Å². The van der Waals surface area contributed by atoms with Gasteiger partial charge in [-0.2, -0.15) is 0 Å². The van der Waals surface area contributed by atoms with Gasteiger partial charge in [0.2, 0.25) is 0 Å². The zero-order valence-electron chi connectivity index (χ0n) is 6.56. The molecule has 0 aliphatic carbocycles. The van der Waals surface area contributed by atoms with E-state index in [1.807, 2.05) is 0 Å². The average Bonchev–Trinajstić information content (AvgIpc) is 2.01. The summed E-state index contributed by atoms with van der Waals surface area (Å²) in [4.78, 5) is 0. The Morgan fingerprint density at radius 1 is 1.58 bits per heavy atom. The number of halogens is 2. The van der Waals surface area contributed by atoms with Gasteiger partial charge < -0.3 is 10.4 Å². The molecule has 0 atom stereocenters. The summed E-state index contributed by atoms with van der Waals surface area (Å²) in [6.07, 6.45) is 0. The largest absolute Gasteiger partial charge is 0.504 e. The van der Waals surface area contributed by atoms with Crippen LogP contribution in [0.25, 0.3) is 0 Å². The van der Waals surface area contributed by atoms with Gasteiger partial charge in [0.25, 0.3) is 0 Å². The Morgan fingerprint density at radius 3 is 2.75 bits per heavy atom. The monoisotopic (exact) mass is 189 g/mol. The second-order valence-corrected chi connectivity index (χ2v) is 2.85. The third-order valence-corrected chi connectivity index (χ3v) is 1.75. The number of rotatable bonds is 2. The van der Waals surface area contributed by atoms with Crippen molar-refractivity contribution in [3.8, 4) is 5.75 Å². The molecule has 12 heavy (non-hydrogen) atoms. The molecule has 4 heteroatoms. The molecule has 0 fully saturated rings. The van der Waals surface area contributed by atoms with E-state index in [9.17, 15) is 4.39 Å². The lowest BCUT2D eigenvalue weighted by Crippen LogP contribution is -2.05. The first-order valence-corrected chi connectivity index (χ1v) is 3.84. The van der Waals surface area contributed by atoms with E-state index in [2.05, 4.69) is 5.32 Å². The second-order valence-electron chi connectivity index (χ2n) is 2.44. The summed E-state index contributed by atoms with van der Waals surface area (Å²) < 4.78 is 12.8. The maximum Gasteiger partial charge on any atom is 0.170 e. The Bertz CT molecular complexity index is 267. The first-order chi connectivity index (χ1) is 5.65. The van der Waals surface area contributed by atoms with E-state index < -0.39 is 11.6 Å². The molecule has 0 saturated heterocycles. The van der Waals surface area contributed by atoms with E-state index in [-0.39, 0.29) is 5.02 Å². The molecule has 0 saturated carbocycles. The molecule has 1 rings (SSSR count). The van der Waals surface area contributed by atoms with Gasteiger partial charge in [0, 0.05) is 6.54 Å². The Balaban J connectivity index is 3.04. The lowest BCUT2D eigenvalue weighted by atomic mass is 10.2. The van der Waals surface area contributed by atoms with Gasteiger partial charge >= 0.3 is 0 Å². The predicted octanol–water partition coefficient (Wildman–Crippen LogP) is 1.90. The lowest BCUT2D eigenvalue weighted by Gasteiger charge is -2.03. The number of nitrogens with one attached hydrogen (secondary N) is 1. The topological polar surface area (TPSA) is 32.3 Å². The molecule has 1 aromatic rings. The molecule has 0 bridgehead atoms. The van der Waals surface area contributed by atoms with Crippen LogP contribution in [-0.4, -0.2) is 12.2 Å². The normalized spacial score (nSPS) is 10.2. The van der Waals surface area contributed by atoms with Crippen molar-refractivity contribution in [2.45, 2.75) is 6.54 Å². The minimum Gasteiger partial charge on any atom is -0.504 e. The van der Waals surface area contributed by atoms with Gasteiger partial charge in [-0.1, -0.05) is 11.6 Å². The first kappa shape index (κ1) is 9.29. The minimum absolute atomic E-state index is 0.0419. The van der Waals surface area contributed by atoms with Gasteiger partial charge in [-0.3, -0.25) is 0 Å². The molecule has 0 aromatic heterocycles. The number of hydrogen-bond donors (Lipinski definition) is 2. The number of hydrogen-bond acceptors (Lipinski definition) is 2. The van der Waals surface area contributed by atoms with E-state index in [1.165, 1.54) is 12.1 Å². The van der Waals surface area contributed by atoms with E-state index >= 15 is 0 Å². The standard InChI is InChI=1S/C8H9ClFNO/c1-11-4-5-2-6(9)8(12)7(10)3-5/h2-3,11-12H,4H2,1H3. The maximum atomic E-state index is 12.8. The van der Waals surface area contributed by atoms with Crippen LogP contribution in [0.2, 0.25) is 5.02 Å². The molecule has 0 unspecified atom stereocenters. The predicted molar refractivity (Wildman–Crippen MR) is 45.8 cm³/mol. The highest BCUT2D eigenvalue weighted by Gasteiger charge is 2.06. The van der Waals surface area contributed by atoms with Crippen LogP contribution in [0, 0.1) is 5.82 Å². The van der Waals surface area contributed by atoms with Crippen LogP contribution < -0.4 is 5.32 Å².